The highest BCUT2D eigenvalue weighted by atomic mass is 79.9. The zero-order chi connectivity index (χ0) is 14.7. The zero-order valence-electron chi connectivity index (χ0n) is 11.3. The van der Waals surface area contributed by atoms with Gasteiger partial charge in [0.2, 0.25) is 0 Å². The van der Waals surface area contributed by atoms with Crippen LogP contribution < -0.4 is 5.32 Å². The Morgan fingerprint density at radius 1 is 1.20 bits per heavy atom. The van der Waals surface area contributed by atoms with E-state index in [0.717, 1.165) is 37.9 Å². The van der Waals surface area contributed by atoms with E-state index in [0.29, 0.717) is 5.92 Å². The Bertz CT molecular complexity index is 570. The Morgan fingerprint density at radius 2 is 1.85 bits per heavy atom. The van der Waals surface area contributed by atoms with Crippen molar-refractivity contribution in [3.05, 3.63) is 43.5 Å². The van der Waals surface area contributed by atoms with Crippen LogP contribution >= 0.6 is 47.8 Å². The van der Waals surface area contributed by atoms with Crippen LogP contribution in [0, 0.1) is 5.92 Å². The minimum Gasteiger partial charge on any atom is -0.311 e. The van der Waals surface area contributed by atoms with E-state index in [2.05, 4.69) is 72.1 Å². The summed E-state index contributed by atoms with van der Waals surface area (Å²) >= 11 is 10.6. The highest BCUT2D eigenvalue weighted by Gasteiger charge is 2.10. The van der Waals surface area contributed by atoms with Gasteiger partial charge in [-0.15, -0.1) is 0 Å². The lowest BCUT2D eigenvalue weighted by Crippen LogP contribution is -2.19. The van der Waals surface area contributed by atoms with Gasteiger partial charge >= 0.3 is 0 Å². The number of nitrogens with one attached hydrogen (secondary N) is 1. The van der Waals surface area contributed by atoms with Crippen molar-refractivity contribution < 1.29 is 0 Å². The third kappa shape index (κ3) is 4.16. The Hall–Kier alpha value is -0.170. The number of halogens is 3. The Morgan fingerprint density at radius 3 is 2.45 bits per heavy atom. The molecule has 1 aromatic carbocycles. The van der Waals surface area contributed by atoms with Crippen LogP contribution in [-0.4, -0.2) is 16.3 Å². The molecule has 0 fully saturated rings. The van der Waals surface area contributed by atoms with Crippen molar-refractivity contribution in [1.82, 2.24) is 15.1 Å². The van der Waals surface area contributed by atoms with Gasteiger partial charge < -0.3 is 5.32 Å². The second-order valence-corrected chi connectivity index (χ2v) is 7.62. The van der Waals surface area contributed by atoms with Crippen LogP contribution in [0.15, 0.2) is 37.8 Å². The summed E-state index contributed by atoms with van der Waals surface area (Å²) in [4.78, 5) is 0. The van der Waals surface area contributed by atoms with Crippen LogP contribution in [0.1, 0.15) is 19.5 Å². The molecule has 0 radical (unpaired) electrons. The summed E-state index contributed by atoms with van der Waals surface area (Å²) in [6.07, 6.45) is 1.98. The maximum atomic E-state index is 4.61. The molecule has 0 aliphatic rings. The molecule has 2 aromatic rings. The molecule has 20 heavy (non-hydrogen) atoms. The van der Waals surface area contributed by atoms with Crippen LogP contribution in [0.2, 0.25) is 0 Å². The molecule has 0 amide bonds. The van der Waals surface area contributed by atoms with Gasteiger partial charge in [0, 0.05) is 26.2 Å². The topological polar surface area (TPSA) is 29.9 Å². The van der Waals surface area contributed by atoms with Crippen molar-refractivity contribution in [2.75, 3.05) is 6.54 Å². The van der Waals surface area contributed by atoms with E-state index < -0.39 is 0 Å². The molecule has 0 saturated heterocycles. The standard InChI is InChI=1S/C14H16Br3N3/c1-9(2)7-18-8-11-3-4-20(19-11)14-12(16)5-10(15)6-13(14)17/h3-6,9,18H,7-8H2,1-2H3. The zero-order valence-corrected chi connectivity index (χ0v) is 16.1. The highest BCUT2D eigenvalue weighted by molar-refractivity contribution is 9.11. The number of nitrogens with zero attached hydrogens (tertiary/aromatic N) is 2. The van der Waals surface area contributed by atoms with Gasteiger partial charge in [-0.2, -0.15) is 5.10 Å². The third-order valence-corrected chi connectivity index (χ3v) is 4.38. The summed E-state index contributed by atoms with van der Waals surface area (Å²) < 4.78 is 4.88. The van der Waals surface area contributed by atoms with E-state index in [9.17, 15) is 0 Å². The molecule has 0 atom stereocenters. The van der Waals surface area contributed by atoms with Gasteiger partial charge in [0.05, 0.1) is 11.4 Å². The molecule has 3 nitrogen and oxygen atoms in total. The first kappa shape index (κ1) is 16.2. The lowest BCUT2D eigenvalue weighted by Gasteiger charge is -2.08. The predicted octanol–water partition coefficient (Wildman–Crippen LogP) is 4.91. The van der Waals surface area contributed by atoms with Crippen LogP contribution in [0.4, 0.5) is 0 Å². The van der Waals surface area contributed by atoms with Gasteiger partial charge in [-0.1, -0.05) is 29.8 Å². The lowest BCUT2D eigenvalue weighted by atomic mass is 10.2. The first-order valence-electron chi connectivity index (χ1n) is 6.37. The largest absolute Gasteiger partial charge is 0.311 e. The smallest absolute Gasteiger partial charge is 0.0930 e. The van der Waals surface area contributed by atoms with Gasteiger partial charge in [0.15, 0.2) is 0 Å². The Balaban J connectivity index is 2.17. The van der Waals surface area contributed by atoms with Gasteiger partial charge in [0.25, 0.3) is 0 Å². The second-order valence-electron chi connectivity index (χ2n) is 4.99. The Labute approximate surface area is 144 Å². The number of hydrogen-bond acceptors (Lipinski definition) is 2. The van der Waals surface area contributed by atoms with Crippen molar-refractivity contribution >= 4 is 47.8 Å². The first-order chi connectivity index (χ1) is 9.47. The van der Waals surface area contributed by atoms with E-state index >= 15 is 0 Å². The number of aromatic nitrogens is 2. The first-order valence-corrected chi connectivity index (χ1v) is 8.75. The fourth-order valence-electron chi connectivity index (χ4n) is 1.82. The molecule has 108 valence electrons. The molecule has 0 bridgehead atoms. The second kappa shape index (κ2) is 7.20. The molecule has 0 saturated carbocycles. The molecule has 1 N–H and O–H groups in total. The minimum atomic E-state index is 0.645. The number of benzene rings is 1. The van der Waals surface area contributed by atoms with Crippen molar-refractivity contribution in [1.29, 1.82) is 0 Å². The fraction of sp³-hybridized carbons (Fsp3) is 0.357. The molecule has 0 spiro atoms. The molecule has 6 heteroatoms. The monoisotopic (exact) mass is 463 g/mol. The van der Waals surface area contributed by atoms with Gasteiger partial charge in [0.1, 0.15) is 0 Å². The van der Waals surface area contributed by atoms with Gasteiger partial charge in [-0.25, -0.2) is 4.68 Å². The van der Waals surface area contributed by atoms with Gasteiger partial charge in [-0.3, -0.25) is 0 Å². The number of hydrogen-bond donors (Lipinski definition) is 1. The summed E-state index contributed by atoms with van der Waals surface area (Å²) in [5, 5.41) is 8.01. The lowest BCUT2D eigenvalue weighted by molar-refractivity contribution is 0.546. The normalized spacial score (nSPS) is 11.3. The highest BCUT2D eigenvalue weighted by Crippen LogP contribution is 2.32. The predicted molar refractivity (Wildman–Crippen MR) is 93.2 cm³/mol. The molecular formula is C14H16Br3N3. The van der Waals surface area contributed by atoms with Crippen LogP contribution in [0.3, 0.4) is 0 Å². The van der Waals surface area contributed by atoms with Crippen molar-refractivity contribution in [2.45, 2.75) is 20.4 Å². The molecular weight excluding hydrogens is 450 g/mol. The molecule has 0 aliphatic carbocycles. The quantitative estimate of drug-likeness (QED) is 0.680. The van der Waals surface area contributed by atoms with Crippen LogP contribution in [-0.2, 0) is 6.54 Å². The van der Waals surface area contributed by atoms with Crippen molar-refractivity contribution in [2.24, 2.45) is 5.92 Å². The summed E-state index contributed by atoms with van der Waals surface area (Å²) in [7, 11) is 0. The summed E-state index contributed by atoms with van der Waals surface area (Å²) in [5.41, 5.74) is 2.04. The van der Waals surface area contributed by atoms with Crippen molar-refractivity contribution in [3.63, 3.8) is 0 Å². The fourth-order valence-corrected chi connectivity index (χ4v) is 4.44. The minimum absolute atomic E-state index is 0.645. The van der Waals surface area contributed by atoms with Crippen LogP contribution in [0.5, 0.6) is 0 Å². The molecule has 2 rings (SSSR count). The third-order valence-electron chi connectivity index (χ3n) is 2.71. The molecule has 0 unspecified atom stereocenters. The van der Waals surface area contributed by atoms with Gasteiger partial charge in [-0.05, 0) is 62.5 Å². The Kier molecular flexibility index (Phi) is 5.84. The SMILES string of the molecule is CC(C)CNCc1ccn(-c2c(Br)cc(Br)cc2Br)n1. The van der Waals surface area contributed by atoms with E-state index in [1.54, 1.807) is 0 Å². The van der Waals surface area contributed by atoms with E-state index in [1.807, 2.05) is 29.1 Å². The number of rotatable bonds is 5. The maximum Gasteiger partial charge on any atom is 0.0930 e. The maximum absolute atomic E-state index is 4.61. The molecule has 1 aromatic heterocycles. The van der Waals surface area contributed by atoms with Crippen molar-refractivity contribution in [3.8, 4) is 5.69 Å². The molecule has 0 aliphatic heterocycles. The average molecular weight is 466 g/mol. The van der Waals surface area contributed by atoms with Crippen LogP contribution in [0.25, 0.3) is 5.69 Å². The van der Waals surface area contributed by atoms with E-state index in [4.69, 9.17) is 0 Å². The molecule has 1 heterocycles. The van der Waals surface area contributed by atoms with E-state index in [-0.39, 0.29) is 0 Å². The average Bonchev–Trinajstić information content (AvgIpc) is 2.75. The van der Waals surface area contributed by atoms with E-state index in [1.165, 1.54) is 0 Å². The summed E-state index contributed by atoms with van der Waals surface area (Å²) in [5.74, 6) is 0.645. The summed E-state index contributed by atoms with van der Waals surface area (Å²) in [6.45, 7) is 6.18. The summed E-state index contributed by atoms with van der Waals surface area (Å²) in [6, 6.07) is 6.06.